The van der Waals surface area contributed by atoms with Crippen LogP contribution in [0.1, 0.15) is 5.56 Å². The third-order valence-electron chi connectivity index (χ3n) is 2.14. The lowest BCUT2D eigenvalue weighted by atomic mass is 10.2. The molecular weight excluding hydrogens is 240 g/mol. The maximum atomic E-state index is 5.75. The molecule has 0 saturated carbocycles. The standard InChI is InChI=1S/C12H11ClN2O2/c1-8-3-4-9(10(5-8)16-2)17-12-6-11(13)14-7-15-12/h3-7H,1-2H3. The molecule has 0 amide bonds. The Morgan fingerprint density at radius 1 is 1.12 bits per heavy atom. The molecular formula is C12H11ClN2O2. The Morgan fingerprint density at radius 3 is 2.65 bits per heavy atom. The fourth-order valence-electron chi connectivity index (χ4n) is 1.34. The lowest BCUT2D eigenvalue weighted by Gasteiger charge is -2.09. The van der Waals surface area contributed by atoms with Crippen molar-refractivity contribution in [2.75, 3.05) is 7.11 Å². The van der Waals surface area contributed by atoms with E-state index in [2.05, 4.69) is 9.97 Å². The molecule has 0 aliphatic heterocycles. The monoisotopic (exact) mass is 250 g/mol. The summed E-state index contributed by atoms with van der Waals surface area (Å²) in [6.45, 7) is 1.98. The molecule has 0 aliphatic rings. The largest absolute Gasteiger partial charge is 0.493 e. The van der Waals surface area contributed by atoms with Crippen LogP contribution in [0.5, 0.6) is 17.4 Å². The van der Waals surface area contributed by atoms with Crippen LogP contribution < -0.4 is 9.47 Å². The zero-order valence-electron chi connectivity index (χ0n) is 9.48. The van der Waals surface area contributed by atoms with E-state index in [1.807, 2.05) is 25.1 Å². The average Bonchev–Trinajstić information content (AvgIpc) is 2.31. The maximum absolute atomic E-state index is 5.75. The molecule has 0 N–H and O–H groups in total. The number of aryl methyl sites for hydroxylation is 1. The van der Waals surface area contributed by atoms with Gasteiger partial charge in [0.15, 0.2) is 11.5 Å². The van der Waals surface area contributed by atoms with Crippen molar-refractivity contribution in [2.45, 2.75) is 6.92 Å². The molecule has 1 aromatic heterocycles. The zero-order valence-corrected chi connectivity index (χ0v) is 10.2. The van der Waals surface area contributed by atoms with Crippen LogP contribution in [0.3, 0.4) is 0 Å². The van der Waals surface area contributed by atoms with Crippen LogP contribution >= 0.6 is 11.6 Å². The predicted octanol–water partition coefficient (Wildman–Crippen LogP) is 3.24. The molecule has 17 heavy (non-hydrogen) atoms. The first-order chi connectivity index (χ1) is 8.19. The molecule has 0 unspecified atom stereocenters. The fraction of sp³-hybridized carbons (Fsp3) is 0.167. The molecule has 88 valence electrons. The van der Waals surface area contributed by atoms with Gasteiger partial charge in [-0.15, -0.1) is 0 Å². The summed E-state index contributed by atoms with van der Waals surface area (Å²) in [5, 5.41) is 0.334. The van der Waals surface area contributed by atoms with E-state index in [0.717, 1.165) is 5.56 Å². The minimum Gasteiger partial charge on any atom is -0.493 e. The van der Waals surface area contributed by atoms with Crippen molar-refractivity contribution in [3.8, 4) is 17.4 Å². The Bertz CT molecular complexity index is 532. The van der Waals surface area contributed by atoms with Gasteiger partial charge in [-0.2, -0.15) is 0 Å². The van der Waals surface area contributed by atoms with Crippen LogP contribution in [0, 0.1) is 6.92 Å². The van der Waals surface area contributed by atoms with Crippen molar-refractivity contribution in [1.29, 1.82) is 0 Å². The Kier molecular flexibility index (Phi) is 3.44. The van der Waals surface area contributed by atoms with Gasteiger partial charge in [0.05, 0.1) is 7.11 Å². The molecule has 5 heteroatoms. The van der Waals surface area contributed by atoms with Crippen molar-refractivity contribution >= 4 is 11.6 Å². The second kappa shape index (κ2) is 5.01. The van der Waals surface area contributed by atoms with Crippen molar-refractivity contribution in [2.24, 2.45) is 0 Å². The Hall–Kier alpha value is -1.81. The van der Waals surface area contributed by atoms with Crippen molar-refractivity contribution in [3.05, 3.63) is 41.3 Å². The fourth-order valence-corrected chi connectivity index (χ4v) is 1.48. The van der Waals surface area contributed by atoms with Gasteiger partial charge in [0.1, 0.15) is 11.5 Å². The highest BCUT2D eigenvalue weighted by atomic mass is 35.5. The number of aromatic nitrogens is 2. The van der Waals surface area contributed by atoms with Gasteiger partial charge in [-0.25, -0.2) is 9.97 Å². The summed E-state index contributed by atoms with van der Waals surface area (Å²) in [6.07, 6.45) is 1.35. The predicted molar refractivity (Wildman–Crippen MR) is 64.8 cm³/mol. The molecule has 0 atom stereocenters. The third-order valence-corrected chi connectivity index (χ3v) is 2.35. The van der Waals surface area contributed by atoms with E-state index in [-0.39, 0.29) is 0 Å². The molecule has 1 aromatic carbocycles. The summed E-state index contributed by atoms with van der Waals surface area (Å²) in [5.74, 6) is 1.62. The number of hydrogen-bond acceptors (Lipinski definition) is 4. The number of halogens is 1. The van der Waals surface area contributed by atoms with Gasteiger partial charge in [0.2, 0.25) is 5.88 Å². The first-order valence-electron chi connectivity index (χ1n) is 4.99. The number of hydrogen-bond donors (Lipinski definition) is 0. The van der Waals surface area contributed by atoms with Crippen LogP contribution in [0.25, 0.3) is 0 Å². The van der Waals surface area contributed by atoms with E-state index in [9.17, 15) is 0 Å². The molecule has 0 fully saturated rings. The molecule has 0 saturated heterocycles. The normalized spacial score (nSPS) is 10.1. The first kappa shape index (κ1) is 11.7. The van der Waals surface area contributed by atoms with Crippen LogP contribution in [-0.4, -0.2) is 17.1 Å². The Morgan fingerprint density at radius 2 is 1.94 bits per heavy atom. The number of rotatable bonds is 3. The second-order valence-electron chi connectivity index (χ2n) is 3.44. The topological polar surface area (TPSA) is 44.2 Å². The first-order valence-corrected chi connectivity index (χ1v) is 5.37. The number of methoxy groups -OCH3 is 1. The van der Waals surface area contributed by atoms with Gasteiger partial charge in [0.25, 0.3) is 0 Å². The Labute approximate surface area is 104 Å². The third kappa shape index (κ3) is 2.85. The van der Waals surface area contributed by atoms with Crippen LogP contribution in [0.2, 0.25) is 5.15 Å². The van der Waals surface area contributed by atoms with Gasteiger partial charge in [0, 0.05) is 6.07 Å². The van der Waals surface area contributed by atoms with Crippen molar-refractivity contribution in [3.63, 3.8) is 0 Å². The van der Waals surface area contributed by atoms with Crippen LogP contribution in [0.15, 0.2) is 30.6 Å². The molecule has 2 rings (SSSR count). The molecule has 2 aromatic rings. The van der Waals surface area contributed by atoms with Crippen LogP contribution in [-0.2, 0) is 0 Å². The minimum absolute atomic E-state index is 0.334. The van der Waals surface area contributed by atoms with Gasteiger partial charge < -0.3 is 9.47 Å². The lowest BCUT2D eigenvalue weighted by molar-refractivity contribution is 0.373. The quantitative estimate of drug-likeness (QED) is 0.785. The van der Waals surface area contributed by atoms with E-state index < -0.39 is 0 Å². The highest BCUT2D eigenvalue weighted by Gasteiger charge is 2.07. The summed E-state index contributed by atoms with van der Waals surface area (Å²) in [6, 6.07) is 7.18. The summed E-state index contributed by atoms with van der Waals surface area (Å²) >= 11 is 5.75. The van der Waals surface area contributed by atoms with E-state index in [4.69, 9.17) is 21.1 Å². The van der Waals surface area contributed by atoms with E-state index in [1.165, 1.54) is 6.33 Å². The van der Waals surface area contributed by atoms with E-state index >= 15 is 0 Å². The minimum atomic E-state index is 0.334. The SMILES string of the molecule is COc1cc(C)ccc1Oc1cc(Cl)ncn1. The average molecular weight is 251 g/mol. The highest BCUT2D eigenvalue weighted by Crippen LogP contribution is 2.31. The molecule has 0 spiro atoms. The summed E-state index contributed by atoms with van der Waals surface area (Å²) in [7, 11) is 1.59. The van der Waals surface area contributed by atoms with E-state index in [1.54, 1.807) is 13.2 Å². The molecule has 1 heterocycles. The molecule has 4 nitrogen and oxygen atoms in total. The number of benzene rings is 1. The summed E-state index contributed by atoms with van der Waals surface area (Å²) in [5.41, 5.74) is 1.09. The van der Waals surface area contributed by atoms with Gasteiger partial charge in [-0.3, -0.25) is 0 Å². The smallest absolute Gasteiger partial charge is 0.223 e. The van der Waals surface area contributed by atoms with Crippen molar-refractivity contribution < 1.29 is 9.47 Å². The highest BCUT2D eigenvalue weighted by molar-refractivity contribution is 6.29. The maximum Gasteiger partial charge on any atom is 0.223 e. The van der Waals surface area contributed by atoms with E-state index in [0.29, 0.717) is 22.5 Å². The molecule has 0 aliphatic carbocycles. The number of ether oxygens (including phenoxy) is 2. The second-order valence-corrected chi connectivity index (χ2v) is 3.82. The zero-order chi connectivity index (χ0) is 12.3. The van der Waals surface area contributed by atoms with Gasteiger partial charge >= 0.3 is 0 Å². The molecule has 0 radical (unpaired) electrons. The van der Waals surface area contributed by atoms with Crippen LogP contribution in [0.4, 0.5) is 0 Å². The lowest BCUT2D eigenvalue weighted by Crippen LogP contribution is -1.93. The van der Waals surface area contributed by atoms with Crippen molar-refractivity contribution in [1.82, 2.24) is 9.97 Å². The number of nitrogens with zero attached hydrogens (tertiary/aromatic N) is 2. The molecule has 0 bridgehead atoms. The Balaban J connectivity index is 2.29. The summed E-state index contributed by atoms with van der Waals surface area (Å²) < 4.78 is 10.8. The van der Waals surface area contributed by atoms with Gasteiger partial charge in [-0.05, 0) is 24.6 Å². The van der Waals surface area contributed by atoms with Gasteiger partial charge in [-0.1, -0.05) is 17.7 Å². The summed E-state index contributed by atoms with van der Waals surface area (Å²) in [4.78, 5) is 7.74.